The number of benzene rings is 1. The first-order valence-electron chi connectivity index (χ1n) is 7.65. The molecule has 0 unspecified atom stereocenters. The molecular formula is C17H14ClF2N3O4. The lowest BCUT2D eigenvalue weighted by molar-refractivity contribution is -0.147. The van der Waals surface area contributed by atoms with Crippen LogP contribution in [0, 0.1) is 11.6 Å². The third-order valence-electron chi connectivity index (χ3n) is 3.15. The Morgan fingerprint density at radius 3 is 2.59 bits per heavy atom. The first-order valence-corrected chi connectivity index (χ1v) is 8.03. The highest BCUT2D eigenvalue weighted by atomic mass is 35.5. The van der Waals surface area contributed by atoms with Gasteiger partial charge in [0.05, 0.1) is 17.0 Å². The average Bonchev–Trinajstić information content (AvgIpc) is 2.62. The summed E-state index contributed by atoms with van der Waals surface area (Å²) in [5.74, 6) is -3.71. The number of hydrogen-bond acceptors (Lipinski definition) is 5. The van der Waals surface area contributed by atoms with Crippen LogP contribution in [0.3, 0.4) is 0 Å². The molecule has 1 heterocycles. The number of ether oxygens (including phenoxy) is 1. The molecule has 2 amide bonds. The molecule has 1 aromatic carbocycles. The van der Waals surface area contributed by atoms with Crippen LogP contribution in [0.25, 0.3) is 0 Å². The van der Waals surface area contributed by atoms with Crippen molar-refractivity contribution in [2.75, 3.05) is 18.5 Å². The molecule has 0 spiro atoms. The van der Waals surface area contributed by atoms with Crippen LogP contribution in [0.4, 0.5) is 14.6 Å². The maximum absolute atomic E-state index is 13.4. The number of carbonyl (C=O) groups excluding carboxylic acids is 3. The lowest BCUT2D eigenvalue weighted by Crippen LogP contribution is -2.28. The minimum Gasteiger partial charge on any atom is -0.456 e. The first kappa shape index (κ1) is 20.2. The van der Waals surface area contributed by atoms with E-state index >= 15 is 0 Å². The van der Waals surface area contributed by atoms with E-state index in [9.17, 15) is 23.2 Å². The normalized spacial score (nSPS) is 10.2. The molecule has 10 heteroatoms. The van der Waals surface area contributed by atoms with Crippen molar-refractivity contribution in [1.82, 2.24) is 10.3 Å². The molecule has 0 aliphatic carbocycles. The number of anilines is 1. The van der Waals surface area contributed by atoms with E-state index in [1.807, 2.05) is 0 Å². The molecule has 142 valence electrons. The van der Waals surface area contributed by atoms with Crippen LogP contribution in [0.2, 0.25) is 5.02 Å². The third-order valence-corrected chi connectivity index (χ3v) is 3.37. The van der Waals surface area contributed by atoms with Gasteiger partial charge in [0.15, 0.2) is 6.61 Å². The minimum absolute atomic E-state index is 0.144. The van der Waals surface area contributed by atoms with E-state index in [2.05, 4.69) is 15.6 Å². The molecule has 0 bridgehead atoms. The molecule has 0 saturated carbocycles. The quantitative estimate of drug-likeness (QED) is 0.699. The molecule has 0 saturated heterocycles. The van der Waals surface area contributed by atoms with E-state index < -0.39 is 36.0 Å². The minimum atomic E-state index is -1.01. The molecule has 0 fully saturated rings. The molecule has 1 aromatic heterocycles. The molecular weight excluding hydrogens is 384 g/mol. The number of carbonyl (C=O) groups is 3. The molecule has 0 aliphatic heterocycles. The molecule has 0 atom stereocenters. The maximum Gasteiger partial charge on any atom is 0.308 e. The monoisotopic (exact) mass is 397 g/mol. The van der Waals surface area contributed by atoms with Crippen molar-refractivity contribution in [2.45, 2.75) is 6.42 Å². The Labute approximate surface area is 157 Å². The van der Waals surface area contributed by atoms with Crippen molar-refractivity contribution < 1.29 is 27.9 Å². The van der Waals surface area contributed by atoms with E-state index in [1.165, 1.54) is 18.3 Å². The van der Waals surface area contributed by atoms with E-state index in [0.29, 0.717) is 11.1 Å². The van der Waals surface area contributed by atoms with Gasteiger partial charge >= 0.3 is 5.97 Å². The first-order chi connectivity index (χ1) is 12.8. The van der Waals surface area contributed by atoms with E-state index in [4.69, 9.17) is 16.3 Å². The molecule has 2 aromatic rings. The standard InChI is InChI=1S/C17H14ClF2N3O4/c18-10-1-4-14(22-8-10)23-15(24)9-27-16(25)5-6-21-17(26)12-3-2-11(19)7-13(12)20/h1-4,7-8H,5-6,9H2,(H,21,26)(H,22,23,24). The second-order valence-electron chi connectivity index (χ2n) is 5.20. The SMILES string of the molecule is O=C(COC(=O)CCNC(=O)c1ccc(F)cc1F)Nc1ccc(Cl)cn1. The van der Waals surface area contributed by atoms with Crippen LogP contribution in [-0.2, 0) is 14.3 Å². The van der Waals surface area contributed by atoms with Gasteiger partial charge in [-0.15, -0.1) is 0 Å². The summed E-state index contributed by atoms with van der Waals surface area (Å²) < 4.78 is 31.0. The van der Waals surface area contributed by atoms with Crippen molar-refractivity contribution >= 4 is 35.2 Å². The van der Waals surface area contributed by atoms with Gasteiger partial charge in [0.2, 0.25) is 0 Å². The van der Waals surface area contributed by atoms with E-state index in [-0.39, 0.29) is 24.3 Å². The average molecular weight is 398 g/mol. The zero-order valence-corrected chi connectivity index (χ0v) is 14.6. The highest BCUT2D eigenvalue weighted by Gasteiger charge is 2.13. The van der Waals surface area contributed by atoms with Gasteiger partial charge < -0.3 is 15.4 Å². The van der Waals surface area contributed by atoms with Gasteiger partial charge in [-0.2, -0.15) is 0 Å². The highest BCUT2D eigenvalue weighted by molar-refractivity contribution is 6.30. The fourth-order valence-electron chi connectivity index (χ4n) is 1.89. The number of aromatic nitrogens is 1. The Bertz CT molecular complexity index is 847. The number of nitrogens with zero attached hydrogens (tertiary/aromatic N) is 1. The number of hydrogen-bond donors (Lipinski definition) is 2. The van der Waals surface area contributed by atoms with Gasteiger partial charge in [0.25, 0.3) is 11.8 Å². The number of halogens is 3. The summed E-state index contributed by atoms with van der Waals surface area (Å²) in [5.41, 5.74) is -0.348. The lowest BCUT2D eigenvalue weighted by atomic mass is 10.2. The largest absolute Gasteiger partial charge is 0.456 e. The van der Waals surface area contributed by atoms with E-state index in [1.54, 1.807) is 0 Å². The number of pyridine rings is 1. The van der Waals surface area contributed by atoms with Gasteiger partial charge in [0, 0.05) is 18.8 Å². The Kier molecular flexibility index (Phi) is 7.18. The molecule has 27 heavy (non-hydrogen) atoms. The summed E-state index contributed by atoms with van der Waals surface area (Å²) in [7, 11) is 0. The van der Waals surface area contributed by atoms with Crippen molar-refractivity contribution in [3.8, 4) is 0 Å². The van der Waals surface area contributed by atoms with Crippen molar-refractivity contribution in [3.05, 3.63) is 58.7 Å². The van der Waals surface area contributed by atoms with Gasteiger partial charge in [-0.05, 0) is 24.3 Å². The van der Waals surface area contributed by atoms with Crippen molar-refractivity contribution in [2.24, 2.45) is 0 Å². The van der Waals surface area contributed by atoms with Crippen LogP contribution in [0.15, 0.2) is 36.5 Å². The van der Waals surface area contributed by atoms with Crippen LogP contribution in [0.1, 0.15) is 16.8 Å². The summed E-state index contributed by atoms with van der Waals surface area (Å²) in [6, 6.07) is 5.53. The topological polar surface area (TPSA) is 97.4 Å². The smallest absolute Gasteiger partial charge is 0.308 e. The Morgan fingerprint density at radius 1 is 1.15 bits per heavy atom. The third kappa shape index (κ3) is 6.63. The van der Waals surface area contributed by atoms with Gasteiger partial charge in [-0.25, -0.2) is 13.8 Å². The maximum atomic E-state index is 13.4. The molecule has 7 nitrogen and oxygen atoms in total. The number of amides is 2. The van der Waals surface area contributed by atoms with Gasteiger partial charge in [0.1, 0.15) is 17.5 Å². The predicted octanol–water partition coefficient (Wildman–Crippen LogP) is 2.31. The summed E-state index contributed by atoms with van der Waals surface area (Å²) >= 11 is 5.66. The van der Waals surface area contributed by atoms with Crippen molar-refractivity contribution in [3.63, 3.8) is 0 Å². The second kappa shape index (κ2) is 9.58. The van der Waals surface area contributed by atoms with Gasteiger partial charge in [-0.3, -0.25) is 14.4 Å². The Balaban J connectivity index is 1.69. The number of esters is 1. The summed E-state index contributed by atoms with van der Waals surface area (Å²) in [6.07, 6.45) is 1.11. The zero-order chi connectivity index (χ0) is 19.8. The number of nitrogens with one attached hydrogen (secondary N) is 2. The molecule has 2 N–H and O–H groups in total. The van der Waals surface area contributed by atoms with Crippen LogP contribution < -0.4 is 10.6 Å². The van der Waals surface area contributed by atoms with Crippen molar-refractivity contribution in [1.29, 1.82) is 0 Å². The lowest BCUT2D eigenvalue weighted by Gasteiger charge is -2.07. The van der Waals surface area contributed by atoms with Crippen LogP contribution in [-0.4, -0.2) is 35.9 Å². The number of rotatable bonds is 7. The summed E-state index contributed by atoms with van der Waals surface area (Å²) in [6.45, 7) is -0.682. The Morgan fingerprint density at radius 2 is 1.93 bits per heavy atom. The van der Waals surface area contributed by atoms with Crippen LogP contribution in [0.5, 0.6) is 0 Å². The summed E-state index contributed by atoms with van der Waals surface area (Å²) in [4.78, 5) is 38.8. The zero-order valence-electron chi connectivity index (χ0n) is 13.8. The fourth-order valence-corrected chi connectivity index (χ4v) is 2.01. The summed E-state index contributed by atoms with van der Waals surface area (Å²) in [5, 5.41) is 5.11. The van der Waals surface area contributed by atoms with Crippen LogP contribution >= 0.6 is 11.6 Å². The Hall–Kier alpha value is -3.07. The highest BCUT2D eigenvalue weighted by Crippen LogP contribution is 2.10. The molecule has 0 aliphatic rings. The predicted molar refractivity (Wildman–Crippen MR) is 92.1 cm³/mol. The van der Waals surface area contributed by atoms with E-state index in [0.717, 1.165) is 12.1 Å². The fraction of sp³-hybridized carbons (Fsp3) is 0.176. The van der Waals surface area contributed by atoms with Gasteiger partial charge in [-0.1, -0.05) is 11.6 Å². The second-order valence-corrected chi connectivity index (χ2v) is 5.64. The molecule has 2 rings (SSSR count). The molecule has 0 radical (unpaired) electrons.